The minimum Gasteiger partial charge on any atom is -0.462 e. The summed E-state index contributed by atoms with van der Waals surface area (Å²) in [6.07, 6.45) is 43.3. The number of rotatable bonds is 66. The standard InChI is InChI=1S/C67H130O17P2/c1-7-9-11-13-15-17-19-20-21-22-23-25-27-31-39-45-51-66(71)83-62(55-77-64(69)49-43-37-30-26-24-18-16-14-12-10-8-2)57-81-85(73,74)79-53-61(68)54-80-86(75,76)82-58-63(56-78-65(70)50-44-38-34-33-36-42-48-60(5)6)84-67(72)52-46-40-32-28-29-35-41-47-59(3)4/h59-63,68H,7-58H2,1-6H3,(H,73,74)(H,75,76)/t61-,62-,63-/m1/s1. The van der Waals surface area contributed by atoms with Crippen molar-refractivity contribution >= 4 is 39.5 Å². The van der Waals surface area contributed by atoms with E-state index in [1.165, 1.54) is 148 Å². The molecule has 17 nitrogen and oxygen atoms in total. The molecule has 0 bridgehead atoms. The molecule has 0 aromatic heterocycles. The largest absolute Gasteiger partial charge is 0.472 e. The lowest BCUT2D eigenvalue weighted by atomic mass is 10.0. The maximum absolute atomic E-state index is 13.0. The monoisotopic (exact) mass is 1270 g/mol. The lowest BCUT2D eigenvalue weighted by molar-refractivity contribution is -0.161. The van der Waals surface area contributed by atoms with E-state index in [-0.39, 0.29) is 25.7 Å². The van der Waals surface area contributed by atoms with Gasteiger partial charge in [-0.05, 0) is 37.5 Å². The third-order valence-electron chi connectivity index (χ3n) is 15.5. The molecule has 0 spiro atoms. The van der Waals surface area contributed by atoms with E-state index in [9.17, 15) is 43.2 Å². The molecule has 0 aromatic carbocycles. The van der Waals surface area contributed by atoms with E-state index < -0.39 is 97.5 Å². The zero-order valence-electron chi connectivity index (χ0n) is 55.6. The summed E-state index contributed by atoms with van der Waals surface area (Å²) in [5, 5.41) is 10.6. The van der Waals surface area contributed by atoms with E-state index in [0.29, 0.717) is 37.5 Å². The zero-order chi connectivity index (χ0) is 63.6. The van der Waals surface area contributed by atoms with Gasteiger partial charge in [-0.1, -0.05) is 286 Å². The third-order valence-corrected chi connectivity index (χ3v) is 17.4. The summed E-state index contributed by atoms with van der Waals surface area (Å²) >= 11 is 0. The molecule has 19 heteroatoms. The van der Waals surface area contributed by atoms with Gasteiger partial charge in [-0.25, -0.2) is 9.13 Å². The fraction of sp³-hybridized carbons (Fsp3) is 0.940. The van der Waals surface area contributed by atoms with Gasteiger partial charge in [-0.2, -0.15) is 0 Å². The van der Waals surface area contributed by atoms with E-state index in [0.717, 1.165) is 96.3 Å². The Morgan fingerprint density at radius 1 is 0.314 bits per heavy atom. The predicted molar refractivity (Wildman–Crippen MR) is 345 cm³/mol. The fourth-order valence-electron chi connectivity index (χ4n) is 10.1. The van der Waals surface area contributed by atoms with Gasteiger partial charge < -0.3 is 33.8 Å². The van der Waals surface area contributed by atoms with Gasteiger partial charge in [-0.15, -0.1) is 0 Å². The number of phosphoric acid groups is 2. The lowest BCUT2D eigenvalue weighted by Gasteiger charge is -2.21. The first-order valence-electron chi connectivity index (χ1n) is 35.0. The number of phosphoric ester groups is 2. The molecular weight excluding hydrogens is 1140 g/mol. The van der Waals surface area contributed by atoms with Crippen LogP contribution in [0.25, 0.3) is 0 Å². The Morgan fingerprint density at radius 3 is 0.791 bits per heavy atom. The van der Waals surface area contributed by atoms with E-state index in [4.69, 9.17) is 37.0 Å². The number of hydrogen-bond donors (Lipinski definition) is 3. The first kappa shape index (κ1) is 84.1. The summed E-state index contributed by atoms with van der Waals surface area (Å²) in [6.45, 7) is 9.37. The molecule has 0 aliphatic heterocycles. The number of aliphatic hydroxyl groups excluding tert-OH is 1. The van der Waals surface area contributed by atoms with Gasteiger partial charge in [0.05, 0.1) is 26.4 Å². The number of aliphatic hydroxyl groups is 1. The molecule has 5 atom stereocenters. The zero-order valence-corrected chi connectivity index (χ0v) is 57.4. The Bertz CT molecular complexity index is 1680. The van der Waals surface area contributed by atoms with Gasteiger partial charge in [0, 0.05) is 25.7 Å². The van der Waals surface area contributed by atoms with Crippen molar-refractivity contribution in [3.8, 4) is 0 Å². The highest BCUT2D eigenvalue weighted by atomic mass is 31.2. The van der Waals surface area contributed by atoms with Crippen LogP contribution in [0.5, 0.6) is 0 Å². The highest BCUT2D eigenvalue weighted by molar-refractivity contribution is 7.47. The number of carbonyl (C=O) groups is 4. The second kappa shape index (κ2) is 59.4. The van der Waals surface area contributed by atoms with Crippen LogP contribution in [0.2, 0.25) is 0 Å². The summed E-state index contributed by atoms with van der Waals surface area (Å²) in [7, 11) is -9.89. The molecule has 0 aromatic rings. The first-order valence-corrected chi connectivity index (χ1v) is 38.0. The second-order valence-corrected chi connectivity index (χ2v) is 28.1. The van der Waals surface area contributed by atoms with E-state index in [1.54, 1.807) is 0 Å². The minimum atomic E-state index is -4.95. The van der Waals surface area contributed by atoms with Crippen molar-refractivity contribution in [3.63, 3.8) is 0 Å². The average Bonchev–Trinajstić information content (AvgIpc) is 3.57. The van der Waals surface area contributed by atoms with Gasteiger partial charge >= 0.3 is 39.5 Å². The van der Waals surface area contributed by atoms with Crippen molar-refractivity contribution in [2.75, 3.05) is 39.6 Å². The average molecular weight is 1270 g/mol. The molecule has 0 heterocycles. The Morgan fingerprint density at radius 2 is 0.535 bits per heavy atom. The van der Waals surface area contributed by atoms with Gasteiger partial charge in [-0.3, -0.25) is 37.3 Å². The van der Waals surface area contributed by atoms with E-state index >= 15 is 0 Å². The quantitative estimate of drug-likeness (QED) is 0.0222. The fourth-order valence-corrected chi connectivity index (χ4v) is 11.6. The van der Waals surface area contributed by atoms with Crippen LogP contribution in [-0.4, -0.2) is 96.7 Å². The molecule has 510 valence electrons. The maximum atomic E-state index is 13.0. The van der Waals surface area contributed by atoms with Crippen molar-refractivity contribution in [3.05, 3.63) is 0 Å². The van der Waals surface area contributed by atoms with Crippen LogP contribution < -0.4 is 0 Å². The molecule has 3 N–H and O–H groups in total. The molecular formula is C67H130O17P2. The van der Waals surface area contributed by atoms with Crippen LogP contribution in [0.4, 0.5) is 0 Å². The predicted octanol–water partition coefficient (Wildman–Crippen LogP) is 18.8. The van der Waals surface area contributed by atoms with Crippen molar-refractivity contribution in [2.24, 2.45) is 11.8 Å². The smallest absolute Gasteiger partial charge is 0.462 e. The van der Waals surface area contributed by atoms with Crippen molar-refractivity contribution in [1.29, 1.82) is 0 Å². The van der Waals surface area contributed by atoms with E-state index in [1.807, 2.05) is 0 Å². The highest BCUT2D eigenvalue weighted by Crippen LogP contribution is 2.45. The Hall–Kier alpha value is -1.94. The van der Waals surface area contributed by atoms with Crippen LogP contribution in [0.3, 0.4) is 0 Å². The second-order valence-electron chi connectivity index (χ2n) is 25.2. The summed E-state index contributed by atoms with van der Waals surface area (Å²) in [6, 6.07) is 0. The topological polar surface area (TPSA) is 237 Å². The molecule has 0 saturated carbocycles. The van der Waals surface area contributed by atoms with E-state index in [2.05, 4.69) is 41.5 Å². The summed E-state index contributed by atoms with van der Waals surface area (Å²) in [4.78, 5) is 72.3. The van der Waals surface area contributed by atoms with Gasteiger partial charge in [0.1, 0.15) is 19.3 Å². The molecule has 0 aliphatic rings. The molecule has 0 radical (unpaired) electrons. The molecule has 0 amide bonds. The first-order chi connectivity index (χ1) is 41.4. The van der Waals surface area contributed by atoms with Gasteiger partial charge in [0.2, 0.25) is 0 Å². The van der Waals surface area contributed by atoms with Gasteiger partial charge in [0.25, 0.3) is 0 Å². The number of ether oxygens (including phenoxy) is 4. The van der Waals surface area contributed by atoms with Crippen molar-refractivity contribution in [2.45, 2.75) is 355 Å². The molecule has 86 heavy (non-hydrogen) atoms. The normalized spacial score (nSPS) is 14.2. The summed E-state index contributed by atoms with van der Waals surface area (Å²) in [5.41, 5.74) is 0. The number of hydrogen-bond acceptors (Lipinski definition) is 15. The molecule has 0 rings (SSSR count). The SMILES string of the molecule is CCCCCCCCCCCCCCCCCCC(=O)O[C@H](COC(=O)CCCCCCCCCCCCC)COP(=O)(O)OC[C@@H](O)COP(=O)(O)OC[C@@H](COC(=O)CCCCCCCCC(C)C)OC(=O)CCCCCCCCCC(C)C. The van der Waals surface area contributed by atoms with Crippen LogP contribution in [0.1, 0.15) is 337 Å². The third kappa shape index (κ3) is 60.9. The molecule has 0 saturated heterocycles. The molecule has 2 unspecified atom stereocenters. The lowest BCUT2D eigenvalue weighted by Crippen LogP contribution is -2.30. The van der Waals surface area contributed by atoms with Crippen molar-refractivity contribution in [1.82, 2.24) is 0 Å². The maximum Gasteiger partial charge on any atom is 0.472 e. The van der Waals surface area contributed by atoms with Crippen LogP contribution in [-0.2, 0) is 65.4 Å². The Kier molecular flexibility index (Phi) is 58.0. The van der Waals surface area contributed by atoms with Crippen molar-refractivity contribution < 1.29 is 80.2 Å². The minimum absolute atomic E-state index is 0.102. The number of esters is 4. The van der Waals surface area contributed by atoms with Crippen LogP contribution in [0.15, 0.2) is 0 Å². The number of carbonyl (C=O) groups excluding carboxylic acids is 4. The number of unbranched alkanes of at least 4 members (excludes halogenated alkanes) is 36. The van der Waals surface area contributed by atoms with Crippen LogP contribution in [0, 0.1) is 11.8 Å². The Balaban J connectivity index is 5.22. The molecule has 0 fully saturated rings. The Labute approximate surface area is 524 Å². The highest BCUT2D eigenvalue weighted by Gasteiger charge is 2.30. The summed E-state index contributed by atoms with van der Waals surface area (Å²) < 4.78 is 68.1. The summed E-state index contributed by atoms with van der Waals surface area (Å²) in [5.74, 6) is -0.757. The molecule has 0 aliphatic carbocycles. The van der Waals surface area contributed by atoms with Crippen LogP contribution >= 0.6 is 15.6 Å². The van der Waals surface area contributed by atoms with Gasteiger partial charge in [0.15, 0.2) is 12.2 Å².